The summed E-state index contributed by atoms with van der Waals surface area (Å²) in [6.45, 7) is 0. The average Bonchev–Trinajstić information content (AvgIpc) is 2.13. The first-order chi connectivity index (χ1) is 7.94. The summed E-state index contributed by atoms with van der Waals surface area (Å²) in [4.78, 5) is 8.76. The summed E-state index contributed by atoms with van der Waals surface area (Å²) < 4.78 is 73.7. The highest BCUT2D eigenvalue weighted by atomic mass is 19.4. The summed E-state index contributed by atoms with van der Waals surface area (Å²) in [6.07, 6.45) is -10.5. The van der Waals surface area contributed by atoms with Crippen LogP contribution in [0, 0.1) is 10.1 Å². The third-order valence-electron chi connectivity index (χ3n) is 1.92. The molecular formula is C8H3F6NO3. The Morgan fingerprint density at radius 3 is 1.89 bits per heavy atom. The number of nitro groups is 1. The number of hydrogen-bond acceptors (Lipinski definition) is 3. The van der Waals surface area contributed by atoms with E-state index in [9.17, 15) is 36.5 Å². The van der Waals surface area contributed by atoms with E-state index >= 15 is 0 Å². The number of halogens is 6. The number of rotatable bonds is 1. The lowest BCUT2D eigenvalue weighted by atomic mass is 10.1. The van der Waals surface area contributed by atoms with E-state index in [-0.39, 0.29) is 12.1 Å². The van der Waals surface area contributed by atoms with Gasteiger partial charge in [0.15, 0.2) is 0 Å². The number of alkyl halides is 6. The lowest BCUT2D eigenvalue weighted by Gasteiger charge is -2.12. The number of benzene rings is 1. The normalized spacial score (nSPS) is 12.6. The van der Waals surface area contributed by atoms with Crippen LogP contribution in [-0.2, 0) is 12.4 Å². The van der Waals surface area contributed by atoms with E-state index in [1.54, 1.807) is 0 Å². The molecule has 0 saturated heterocycles. The van der Waals surface area contributed by atoms with Gasteiger partial charge in [-0.1, -0.05) is 0 Å². The van der Waals surface area contributed by atoms with Crippen LogP contribution < -0.4 is 0 Å². The molecule has 0 fully saturated rings. The molecule has 0 aliphatic rings. The first-order valence-electron chi connectivity index (χ1n) is 4.10. The van der Waals surface area contributed by atoms with Gasteiger partial charge in [-0.3, -0.25) is 10.1 Å². The van der Waals surface area contributed by atoms with Crippen molar-refractivity contribution in [2.75, 3.05) is 0 Å². The standard InChI is InChI=1S/C8H3F6NO3/c9-7(10,11)3-1-4(8(12,13)14)6(16)5(2-3)15(17)18/h1-2,16H. The van der Waals surface area contributed by atoms with Gasteiger partial charge in [0.05, 0.1) is 10.5 Å². The molecule has 0 amide bonds. The molecule has 0 aromatic heterocycles. The van der Waals surface area contributed by atoms with E-state index in [1.165, 1.54) is 0 Å². The number of phenolic OH excluding ortho intramolecular Hbond substituents is 1. The van der Waals surface area contributed by atoms with Crippen LogP contribution in [0.25, 0.3) is 0 Å². The molecule has 100 valence electrons. The second-order valence-corrected chi connectivity index (χ2v) is 3.14. The van der Waals surface area contributed by atoms with Crippen molar-refractivity contribution in [3.8, 4) is 5.75 Å². The fourth-order valence-electron chi connectivity index (χ4n) is 1.14. The molecule has 0 heterocycles. The van der Waals surface area contributed by atoms with Gasteiger partial charge in [-0.15, -0.1) is 0 Å². The molecule has 1 aromatic rings. The summed E-state index contributed by atoms with van der Waals surface area (Å²) in [5.74, 6) is -1.85. The van der Waals surface area contributed by atoms with Gasteiger partial charge in [-0.2, -0.15) is 26.3 Å². The molecule has 10 heteroatoms. The van der Waals surface area contributed by atoms with Gasteiger partial charge in [0, 0.05) is 6.07 Å². The van der Waals surface area contributed by atoms with Crippen LogP contribution in [0.15, 0.2) is 12.1 Å². The highest BCUT2D eigenvalue weighted by molar-refractivity contribution is 5.55. The molecule has 0 atom stereocenters. The fraction of sp³-hybridized carbons (Fsp3) is 0.250. The highest BCUT2D eigenvalue weighted by Crippen LogP contribution is 2.44. The minimum atomic E-state index is -5.34. The Bertz CT molecular complexity index is 493. The maximum absolute atomic E-state index is 12.3. The van der Waals surface area contributed by atoms with E-state index in [4.69, 9.17) is 5.11 Å². The largest absolute Gasteiger partial charge is 0.502 e. The van der Waals surface area contributed by atoms with Crippen LogP contribution in [0.1, 0.15) is 11.1 Å². The number of aromatic hydroxyl groups is 1. The Kier molecular flexibility index (Phi) is 3.15. The van der Waals surface area contributed by atoms with Crippen molar-refractivity contribution >= 4 is 5.69 Å². The van der Waals surface area contributed by atoms with Crippen molar-refractivity contribution in [3.05, 3.63) is 33.4 Å². The monoisotopic (exact) mass is 275 g/mol. The Morgan fingerprint density at radius 1 is 1.06 bits per heavy atom. The molecule has 0 bridgehead atoms. The van der Waals surface area contributed by atoms with Gasteiger partial charge in [-0.25, -0.2) is 0 Å². The topological polar surface area (TPSA) is 63.4 Å². The summed E-state index contributed by atoms with van der Waals surface area (Å²) in [5.41, 5.74) is -5.62. The van der Waals surface area contributed by atoms with E-state index < -0.39 is 39.8 Å². The van der Waals surface area contributed by atoms with Crippen molar-refractivity contribution in [3.63, 3.8) is 0 Å². The minimum absolute atomic E-state index is 0.162. The molecule has 18 heavy (non-hydrogen) atoms. The van der Waals surface area contributed by atoms with Crippen LogP contribution in [0.3, 0.4) is 0 Å². The molecule has 0 unspecified atom stereocenters. The molecule has 4 nitrogen and oxygen atoms in total. The number of hydrogen-bond donors (Lipinski definition) is 1. The number of phenols is 1. The van der Waals surface area contributed by atoms with Crippen molar-refractivity contribution in [1.29, 1.82) is 0 Å². The third-order valence-corrected chi connectivity index (χ3v) is 1.92. The Labute approximate surface area is 94.6 Å². The van der Waals surface area contributed by atoms with Gasteiger partial charge < -0.3 is 5.11 Å². The van der Waals surface area contributed by atoms with Crippen molar-refractivity contribution in [1.82, 2.24) is 0 Å². The van der Waals surface area contributed by atoms with Crippen molar-refractivity contribution in [2.24, 2.45) is 0 Å². The lowest BCUT2D eigenvalue weighted by Crippen LogP contribution is -2.12. The zero-order valence-corrected chi connectivity index (χ0v) is 8.13. The number of nitrogens with zero attached hydrogens (tertiary/aromatic N) is 1. The molecule has 1 aromatic carbocycles. The van der Waals surface area contributed by atoms with E-state index in [0.29, 0.717) is 0 Å². The zero-order chi connectivity index (χ0) is 14.3. The van der Waals surface area contributed by atoms with Gasteiger partial charge in [0.25, 0.3) is 0 Å². The van der Waals surface area contributed by atoms with Crippen molar-refractivity contribution in [2.45, 2.75) is 12.4 Å². The van der Waals surface area contributed by atoms with Gasteiger partial charge in [-0.05, 0) is 6.07 Å². The second-order valence-electron chi connectivity index (χ2n) is 3.14. The third kappa shape index (κ3) is 2.63. The molecule has 1 N–H and O–H groups in total. The molecule has 0 spiro atoms. The smallest absolute Gasteiger partial charge is 0.420 e. The average molecular weight is 275 g/mol. The lowest BCUT2D eigenvalue weighted by molar-refractivity contribution is -0.386. The van der Waals surface area contributed by atoms with Crippen LogP contribution in [0.5, 0.6) is 5.75 Å². The fourth-order valence-corrected chi connectivity index (χ4v) is 1.14. The van der Waals surface area contributed by atoms with Crippen LogP contribution in [0.4, 0.5) is 32.0 Å². The Morgan fingerprint density at radius 2 is 1.56 bits per heavy atom. The predicted octanol–water partition coefficient (Wildman–Crippen LogP) is 3.34. The molecule has 0 radical (unpaired) electrons. The maximum atomic E-state index is 12.3. The zero-order valence-electron chi connectivity index (χ0n) is 8.13. The van der Waals surface area contributed by atoms with E-state index in [0.717, 1.165) is 0 Å². The Hall–Kier alpha value is -2.00. The summed E-state index contributed by atoms with van der Waals surface area (Å²) in [5, 5.41) is 19.2. The maximum Gasteiger partial charge on any atom is 0.420 e. The molecular weight excluding hydrogens is 272 g/mol. The number of nitro benzene ring substituents is 1. The van der Waals surface area contributed by atoms with Crippen molar-refractivity contribution < 1.29 is 36.4 Å². The Balaban J connectivity index is 3.63. The molecule has 0 aliphatic carbocycles. The predicted molar refractivity (Wildman–Crippen MR) is 44.8 cm³/mol. The minimum Gasteiger partial charge on any atom is -0.502 e. The van der Waals surface area contributed by atoms with Gasteiger partial charge in [0.2, 0.25) is 5.75 Å². The van der Waals surface area contributed by atoms with E-state index in [2.05, 4.69) is 0 Å². The molecule has 0 saturated carbocycles. The summed E-state index contributed by atoms with van der Waals surface area (Å²) in [7, 11) is 0. The molecule has 1 rings (SSSR count). The van der Waals surface area contributed by atoms with Gasteiger partial charge >= 0.3 is 18.0 Å². The first-order valence-corrected chi connectivity index (χ1v) is 4.10. The van der Waals surface area contributed by atoms with Crippen LogP contribution in [-0.4, -0.2) is 10.0 Å². The quantitative estimate of drug-likeness (QED) is 0.485. The summed E-state index contributed by atoms with van der Waals surface area (Å²) >= 11 is 0. The molecule has 0 aliphatic heterocycles. The second kappa shape index (κ2) is 4.03. The SMILES string of the molecule is O=[N+]([O-])c1cc(C(F)(F)F)cc(C(F)(F)F)c1O. The summed E-state index contributed by atoms with van der Waals surface area (Å²) in [6, 6.07) is -0.549. The first kappa shape index (κ1) is 14.1. The van der Waals surface area contributed by atoms with Gasteiger partial charge in [0.1, 0.15) is 5.56 Å². The van der Waals surface area contributed by atoms with E-state index in [1.807, 2.05) is 0 Å². The highest BCUT2D eigenvalue weighted by Gasteiger charge is 2.42. The van der Waals surface area contributed by atoms with Crippen LogP contribution in [0.2, 0.25) is 0 Å². The van der Waals surface area contributed by atoms with Crippen LogP contribution >= 0.6 is 0 Å².